The fraction of sp³-hybridized carbons (Fsp3) is 0.389. The fourth-order valence-electron chi connectivity index (χ4n) is 2.99. The van der Waals surface area contributed by atoms with Gasteiger partial charge in [0.15, 0.2) is 0 Å². The molecular weight excluding hydrogens is 307 g/mol. The van der Waals surface area contributed by atoms with E-state index in [0.717, 1.165) is 22.9 Å². The first-order valence-electron chi connectivity index (χ1n) is 8.07. The van der Waals surface area contributed by atoms with Gasteiger partial charge in [-0.05, 0) is 38.5 Å². The number of benzene rings is 1. The molecule has 1 aliphatic rings. The Balaban J connectivity index is 1.70. The molecule has 2 heterocycles. The van der Waals surface area contributed by atoms with Gasteiger partial charge in [0.1, 0.15) is 17.5 Å². The summed E-state index contributed by atoms with van der Waals surface area (Å²) in [4.78, 5) is 25.3. The zero-order valence-electron chi connectivity index (χ0n) is 14.2. The van der Waals surface area contributed by atoms with Crippen molar-refractivity contribution in [2.45, 2.75) is 20.8 Å². The van der Waals surface area contributed by atoms with Gasteiger partial charge in [-0.15, -0.1) is 0 Å². The van der Waals surface area contributed by atoms with Gasteiger partial charge in [-0.1, -0.05) is 6.07 Å². The van der Waals surface area contributed by atoms with Crippen LogP contribution < -0.4 is 4.90 Å². The highest BCUT2D eigenvalue weighted by atomic mass is 19.1. The molecule has 1 aromatic heterocycles. The van der Waals surface area contributed by atoms with Crippen molar-refractivity contribution in [2.75, 3.05) is 31.1 Å². The molecular formula is C18H21FN4O. The summed E-state index contributed by atoms with van der Waals surface area (Å²) in [5.41, 5.74) is 2.18. The van der Waals surface area contributed by atoms with Gasteiger partial charge in [-0.3, -0.25) is 4.79 Å². The molecule has 1 aromatic carbocycles. The molecule has 0 N–H and O–H groups in total. The third-order valence-electron chi connectivity index (χ3n) is 4.27. The van der Waals surface area contributed by atoms with Crippen molar-refractivity contribution in [1.29, 1.82) is 0 Å². The second kappa shape index (κ2) is 6.55. The van der Waals surface area contributed by atoms with Crippen LogP contribution in [0.2, 0.25) is 0 Å². The monoisotopic (exact) mass is 328 g/mol. The average molecular weight is 328 g/mol. The standard InChI is InChI=1S/C18H21FN4O/c1-12-4-5-15(19)11-16(12)18(24)23-8-6-22(7-9-23)17-10-13(2)20-14(3)21-17/h4-5,10-11H,6-9H2,1-3H3. The second-order valence-corrected chi connectivity index (χ2v) is 6.15. The van der Waals surface area contributed by atoms with Gasteiger partial charge < -0.3 is 9.80 Å². The van der Waals surface area contributed by atoms with Crippen LogP contribution in [0.5, 0.6) is 0 Å². The Bertz CT molecular complexity index is 749. The van der Waals surface area contributed by atoms with E-state index in [-0.39, 0.29) is 11.7 Å². The lowest BCUT2D eigenvalue weighted by Gasteiger charge is -2.35. The summed E-state index contributed by atoms with van der Waals surface area (Å²) in [6.45, 7) is 8.25. The number of nitrogens with zero attached hydrogens (tertiary/aromatic N) is 4. The fourth-order valence-corrected chi connectivity index (χ4v) is 2.99. The molecule has 24 heavy (non-hydrogen) atoms. The molecule has 6 heteroatoms. The highest BCUT2D eigenvalue weighted by Gasteiger charge is 2.24. The zero-order valence-corrected chi connectivity index (χ0v) is 14.2. The minimum atomic E-state index is -0.380. The first-order chi connectivity index (χ1) is 11.4. The van der Waals surface area contributed by atoms with Gasteiger partial charge >= 0.3 is 0 Å². The van der Waals surface area contributed by atoms with Crippen molar-refractivity contribution in [1.82, 2.24) is 14.9 Å². The maximum absolute atomic E-state index is 13.4. The van der Waals surface area contributed by atoms with Crippen LogP contribution in [0.3, 0.4) is 0 Å². The van der Waals surface area contributed by atoms with E-state index < -0.39 is 0 Å². The number of anilines is 1. The van der Waals surface area contributed by atoms with Crippen molar-refractivity contribution < 1.29 is 9.18 Å². The Morgan fingerprint density at radius 3 is 2.42 bits per heavy atom. The lowest BCUT2D eigenvalue weighted by Crippen LogP contribution is -2.49. The minimum absolute atomic E-state index is 0.110. The SMILES string of the molecule is Cc1cc(N2CCN(C(=O)c3cc(F)ccc3C)CC2)nc(C)n1. The maximum atomic E-state index is 13.4. The lowest BCUT2D eigenvalue weighted by molar-refractivity contribution is 0.0745. The average Bonchev–Trinajstić information content (AvgIpc) is 2.56. The van der Waals surface area contributed by atoms with E-state index in [1.165, 1.54) is 12.1 Å². The van der Waals surface area contributed by atoms with Crippen molar-refractivity contribution in [2.24, 2.45) is 0 Å². The summed E-state index contributed by atoms with van der Waals surface area (Å²) in [5, 5.41) is 0. The van der Waals surface area contributed by atoms with Crippen molar-refractivity contribution in [3.8, 4) is 0 Å². The molecule has 0 bridgehead atoms. The number of hydrogen-bond donors (Lipinski definition) is 0. The summed E-state index contributed by atoms with van der Waals surface area (Å²) in [6, 6.07) is 6.30. The van der Waals surface area contributed by atoms with Crippen LogP contribution in [0.1, 0.15) is 27.4 Å². The third kappa shape index (κ3) is 3.37. The molecule has 0 saturated carbocycles. The Morgan fingerprint density at radius 1 is 1.04 bits per heavy atom. The Kier molecular flexibility index (Phi) is 4.46. The predicted molar refractivity (Wildman–Crippen MR) is 90.8 cm³/mol. The Morgan fingerprint density at radius 2 is 1.75 bits per heavy atom. The van der Waals surface area contributed by atoms with Gasteiger partial charge in [0.2, 0.25) is 0 Å². The lowest BCUT2D eigenvalue weighted by atomic mass is 10.1. The van der Waals surface area contributed by atoms with E-state index in [0.29, 0.717) is 31.7 Å². The normalized spacial score (nSPS) is 14.8. The first kappa shape index (κ1) is 16.4. The largest absolute Gasteiger partial charge is 0.353 e. The van der Waals surface area contributed by atoms with Crippen LogP contribution in [0.15, 0.2) is 24.3 Å². The van der Waals surface area contributed by atoms with Crippen molar-refractivity contribution in [3.05, 3.63) is 52.7 Å². The Hall–Kier alpha value is -2.50. The minimum Gasteiger partial charge on any atom is -0.353 e. The van der Waals surface area contributed by atoms with Gasteiger partial charge in [-0.25, -0.2) is 14.4 Å². The molecule has 0 radical (unpaired) electrons. The van der Waals surface area contributed by atoms with Crippen LogP contribution in [0.4, 0.5) is 10.2 Å². The summed E-state index contributed by atoms with van der Waals surface area (Å²) >= 11 is 0. The quantitative estimate of drug-likeness (QED) is 0.850. The van der Waals surface area contributed by atoms with Gasteiger partial charge in [-0.2, -0.15) is 0 Å². The summed E-state index contributed by atoms with van der Waals surface area (Å²) in [5.74, 6) is 1.16. The maximum Gasteiger partial charge on any atom is 0.254 e. The van der Waals surface area contributed by atoms with Gasteiger partial charge in [0.05, 0.1) is 0 Å². The van der Waals surface area contributed by atoms with E-state index in [1.54, 1.807) is 11.0 Å². The number of aromatic nitrogens is 2. The predicted octanol–water partition coefficient (Wildman–Crippen LogP) is 2.50. The Labute approximate surface area is 141 Å². The number of carbonyl (C=O) groups is 1. The molecule has 0 aliphatic carbocycles. The number of amides is 1. The molecule has 1 amide bonds. The first-order valence-corrected chi connectivity index (χ1v) is 8.07. The van der Waals surface area contributed by atoms with E-state index in [4.69, 9.17) is 0 Å². The molecule has 126 valence electrons. The number of rotatable bonds is 2. The van der Waals surface area contributed by atoms with Crippen LogP contribution in [0, 0.1) is 26.6 Å². The zero-order chi connectivity index (χ0) is 17.3. The number of hydrogen-bond acceptors (Lipinski definition) is 4. The number of aryl methyl sites for hydroxylation is 3. The third-order valence-corrected chi connectivity index (χ3v) is 4.27. The molecule has 0 spiro atoms. The van der Waals surface area contributed by atoms with E-state index >= 15 is 0 Å². The summed E-state index contributed by atoms with van der Waals surface area (Å²) in [6.07, 6.45) is 0. The molecule has 0 atom stereocenters. The molecule has 1 fully saturated rings. The summed E-state index contributed by atoms with van der Waals surface area (Å²) < 4.78 is 13.4. The number of carbonyl (C=O) groups excluding carboxylic acids is 1. The van der Waals surface area contributed by atoms with Crippen molar-refractivity contribution in [3.63, 3.8) is 0 Å². The number of piperazine rings is 1. The van der Waals surface area contributed by atoms with Crippen LogP contribution >= 0.6 is 0 Å². The molecule has 5 nitrogen and oxygen atoms in total. The van der Waals surface area contributed by atoms with Gasteiger partial charge in [0.25, 0.3) is 5.91 Å². The molecule has 1 saturated heterocycles. The highest BCUT2D eigenvalue weighted by molar-refractivity contribution is 5.95. The topological polar surface area (TPSA) is 49.3 Å². The van der Waals surface area contributed by atoms with E-state index in [1.807, 2.05) is 26.8 Å². The van der Waals surface area contributed by atoms with Crippen molar-refractivity contribution >= 4 is 11.7 Å². The highest BCUT2D eigenvalue weighted by Crippen LogP contribution is 2.18. The van der Waals surface area contributed by atoms with Crippen LogP contribution in [0.25, 0.3) is 0 Å². The van der Waals surface area contributed by atoms with Crippen LogP contribution in [-0.2, 0) is 0 Å². The number of halogens is 1. The smallest absolute Gasteiger partial charge is 0.254 e. The molecule has 1 aliphatic heterocycles. The molecule has 2 aromatic rings. The molecule has 3 rings (SSSR count). The summed E-state index contributed by atoms with van der Waals surface area (Å²) in [7, 11) is 0. The molecule has 0 unspecified atom stereocenters. The van der Waals surface area contributed by atoms with E-state index in [9.17, 15) is 9.18 Å². The second-order valence-electron chi connectivity index (χ2n) is 6.15. The van der Waals surface area contributed by atoms with Gasteiger partial charge in [0, 0.05) is 43.5 Å². The van der Waals surface area contributed by atoms with Crippen LogP contribution in [-0.4, -0.2) is 47.0 Å². The van der Waals surface area contributed by atoms with E-state index in [2.05, 4.69) is 14.9 Å².